The Kier molecular flexibility index (Phi) is 15.7. The fourth-order valence-corrected chi connectivity index (χ4v) is 23.4. The van der Waals surface area contributed by atoms with Crippen LogP contribution >= 0.6 is 64.6 Å². The molecule has 0 aromatic heterocycles. The third kappa shape index (κ3) is 13.9. The molecule has 0 atom stereocenters. The summed E-state index contributed by atoms with van der Waals surface area (Å²) in [5.41, 5.74) is 0. The van der Waals surface area contributed by atoms with Crippen molar-refractivity contribution in [2.45, 2.75) is 55.4 Å². The number of rotatable bonds is 10. The van der Waals surface area contributed by atoms with Crippen molar-refractivity contribution in [1.29, 1.82) is 0 Å². The van der Waals surface area contributed by atoms with Crippen LogP contribution in [0, 0.1) is 23.7 Å². The summed E-state index contributed by atoms with van der Waals surface area (Å²) in [6, 6.07) is 0. The van der Waals surface area contributed by atoms with Crippen LogP contribution in [-0.4, -0.2) is 53.6 Å². The summed E-state index contributed by atoms with van der Waals surface area (Å²) < 4.78 is 2.13. The molecule has 0 amide bonds. The van der Waals surface area contributed by atoms with Crippen molar-refractivity contribution >= 4 is 82.2 Å². The number of hydrogen-bond donors (Lipinski definition) is 0. The summed E-state index contributed by atoms with van der Waals surface area (Å²) >= 11 is 14.2. The van der Waals surface area contributed by atoms with Crippen molar-refractivity contribution < 1.29 is 0 Å². The number of nitrogens with zero attached hydrogens (tertiary/aromatic N) is 2. The molecular formula is C18H36AsIN2S4. The van der Waals surface area contributed by atoms with E-state index in [4.69, 9.17) is 24.4 Å². The molecule has 0 aliphatic heterocycles. The van der Waals surface area contributed by atoms with E-state index in [-0.39, 0.29) is 0 Å². The summed E-state index contributed by atoms with van der Waals surface area (Å²) in [4.78, 5) is 4.80. The normalized spacial score (nSPS) is 11.9. The second kappa shape index (κ2) is 14.7. The van der Waals surface area contributed by atoms with E-state index in [2.05, 4.69) is 85.3 Å². The zero-order chi connectivity index (χ0) is 20.4. The van der Waals surface area contributed by atoms with Crippen LogP contribution in [0.1, 0.15) is 55.4 Å². The molecule has 0 unspecified atom stereocenters. The van der Waals surface area contributed by atoms with Gasteiger partial charge in [0.15, 0.2) is 0 Å². The van der Waals surface area contributed by atoms with Gasteiger partial charge >= 0.3 is 197 Å². The average Bonchev–Trinajstić information content (AvgIpc) is 2.43. The maximum atomic E-state index is 5.80. The Labute approximate surface area is 195 Å². The van der Waals surface area contributed by atoms with Crippen molar-refractivity contribution in [3.63, 3.8) is 0 Å². The molecule has 0 spiro atoms. The second-order valence-corrected chi connectivity index (χ2v) is 30.7. The Hall–Kier alpha value is 1.77. The Balaban J connectivity index is 4.77. The molecule has 0 radical (unpaired) electrons. The van der Waals surface area contributed by atoms with Crippen LogP contribution in [0.4, 0.5) is 0 Å². The Bertz CT molecular complexity index is 375. The zero-order valence-corrected chi connectivity index (χ0v) is 24.8. The molecule has 0 fully saturated rings. The molecule has 0 N–H and O–H groups in total. The van der Waals surface area contributed by atoms with Gasteiger partial charge in [0.1, 0.15) is 0 Å². The number of thiocarbonyl (C=S) groups is 2. The minimum atomic E-state index is -1.25. The molecule has 0 aliphatic carbocycles. The molecule has 0 aromatic rings. The Morgan fingerprint density at radius 3 is 1.12 bits per heavy atom. The van der Waals surface area contributed by atoms with Crippen molar-refractivity contribution in [3.05, 3.63) is 0 Å². The van der Waals surface area contributed by atoms with Gasteiger partial charge in [-0.25, -0.2) is 0 Å². The third-order valence-electron chi connectivity index (χ3n) is 3.16. The van der Waals surface area contributed by atoms with Gasteiger partial charge in [0.05, 0.1) is 0 Å². The van der Waals surface area contributed by atoms with Crippen LogP contribution in [0.3, 0.4) is 0 Å². The van der Waals surface area contributed by atoms with Gasteiger partial charge < -0.3 is 0 Å². The van der Waals surface area contributed by atoms with Crippen LogP contribution < -0.4 is 0 Å². The Morgan fingerprint density at radius 1 is 0.692 bits per heavy atom. The molecule has 0 saturated heterocycles. The van der Waals surface area contributed by atoms with E-state index in [1.54, 1.807) is 0 Å². The standard InChI is InChI=1S/C18H36AsIN2S4/c1-13(2)9-21(10-14(3)4)17(23)25-19(20)26-18(24)22(11-15(5)6)12-16(7)8/h13-16H,9-12H2,1-8H3. The summed E-state index contributed by atoms with van der Waals surface area (Å²) in [6.45, 7) is 22.3. The molecule has 0 aromatic carbocycles. The van der Waals surface area contributed by atoms with E-state index in [1.807, 2.05) is 20.0 Å². The van der Waals surface area contributed by atoms with Crippen LogP contribution in [-0.2, 0) is 0 Å². The minimum absolute atomic E-state index is 0.628. The van der Waals surface area contributed by atoms with Crippen molar-refractivity contribution in [1.82, 2.24) is 9.80 Å². The van der Waals surface area contributed by atoms with E-state index < -0.39 is 8.99 Å². The first-order valence-corrected chi connectivity index (χ1v) is 22.0. The molecule has 0 saturated carbocycles. The van der Waals surface area contributed by atoms with Crippen LogP contribution in [0.2, 0.25) is 0 Å². The summed E-state index contributed by atoms with van der Waals surface area (Å²) in [5, 5.41) is 0. The zero-order valence-electron chi connectivity index (χ0n) is 17.5. The molecule has 8 heteroatoms. The van der Waals surface area contributed by atoms with Gasteiger partial charge in [-0.15, -0.1) is 0 Å². The maximum absolute atomic E-state index is 5.80. The summed E-state index contributed by atoms with van der Waals surface area (Å²) in [6.07, 6.45) is 0. The van der Waals surface area contributed by atoms with Crippen LogP contribution in [0.15, 0.2) is 0 Å². The van der Waals surface area contributed by atoms with Crippen LogP contribution in [0.25, 0.3) is 0 Å². The Morgan fingerprint density at radius 2 is 0.923 bits per heavy atom. The number of halogens is 1. The molecule has 154 valence electrons. The van der Waals surface area contributed by atoms with Gasteiger partial charge in [-0.1, -0.05) is 0 Å². The predicted octanol–water partition coefficient (Wildman–Crippen LogP) is 6.67. The van der Waals surface area contributed by atoms with Crippen molar-refractivity contribution in [2.75, 3.05) is 26.2 Å². The first-order chi connectivity index (χ1) is 11.9. The number of hydrogen-bond acceptors (Lipinski definition) is 4. The van der Waals surface area contributed by atoms with Crippen LogP contribution in [0.5, 0.6) is 0 Å². The topological polar surface area (TPSA) is 6.48 Å². The quantitative estimate of drug-likeness (QED) is 0.154. The molecular weight excluding hydrogens is 574 g/mol. The van der Waals surface area contributed by atoms with E-state index in [1.165, 1.54) is 0 Å². The van der Waals surface area contributed by atoms with Crippen molar-refractivity contribution in [2.24, 2.45) is 23.7 Å². The van der Waals surface area contributed by atoms with Gasteiger partial charge in [-0.05, 0) is 0 Å². The fraction of sp³-hybridized carbons (Fsp3) is 0.889. The molecule has 0 rings (SSSR count). The van der Waals surface area contributed by atoms with E-state index in [9.17, 15) is 0 Å². The first-order valence-electron chi connectivity index (χ1n) is 9.31. The molecule has 26 heavy (non-hydrogen) atoms. The van der Waals surface area contributed by atoms with Gasteiger partial charge in [-0.2, -0.15) is 0 Å². The first kappa shape index (κ1) is 27.8. The SMILES string of the molecule is CC(C)CN(CC(C)C)C(=S)S[As](I)SC(=S)N(CC(C)C)CC(C)C. The fourth-order valence-electron chi connectivity index (χ4n) is 2.47. The third-order valence-corrected chi connectivity index (χ3v) is 19.4. The monoisotopic (exact) mass is 610 g/mol. The van der Waals surface area contributed by atoms with Crippen molar-refractivity contribution in [3.8, 4) is 0 Å². The van der Waals surface area contributed by atoms with Gasteiger partial charge in [0, 0.05) is 0 Å². The molecule has 0 heterocycles. The van der Waals surface area contributed by atoms with Gasteiger partial charge in [0.25, 0.3) is 0 Å². The second-order valence-electron chi connectivity index (χ2n) is 8.31. The van der Waals surface area contributed by atoms with E-state index in [0.717, 1.165) is 34.8 Å². The molecule has 0 bridgehead atoms. The average molecular weight is 611 g/mol. The summed E-state index contributed by atoms with van der Waals surface area (Å²) in [5.74, 6) is 2.51. The molecule has 0 aliphatic rings. The predicted molar refractivity (Wildman–Crippen MR) is 143 cm³/mol. The van der Waals surface area contributed by atoms with E-state index >= 15 is 0 Å². The van der Waals surface area contributed by atoms with Gasteiger partial charge in [0.2, 0.25) is 0 Å². The summed E-state index contributed by atoms with van der Waals surface area (Å²) in [7, 11) is 2.58. The van der Waals surface area contributed by atoms with E-state index in [0.29, 0.717) is 23.7 Å². The molecule has 2 nitrogen and oxygen atoms in total. The van der Waals surface area contributed by atoms with Gasteiger partial charge in [-0.3, -0.25) is 0 Å².